The molecule has 1 aromatic heterocycles. The van der Waals surface area contributed by atoms with Crippen LogP contribution in [-0.2, 0) is 6.54 Å². The third kappa shape index (κ3) is 4.52. The van der Waals surface area contributed by atoms with Crippen molar-refractivity contribution >= 4 is 6.08 Å². The van der Waals surface area contributed by atoms with Crippen molar-refractivity contribution < 1.29 is 4.74 Å². The zero-order chi connectivity index (χ0) is 13.3. The molecule has 4 heteroatoms. The molecule has 0 saturated carbocycles. The molecule has 1 N–H and O–H groups in total. The molecule has 0 fully saturated rings. The van der Waals surface area contributed by atoms with Gasteiger partial charge in [0.1, 0.15) is 6.61 Å². The summed E-state index contributed by atoms with van der Waals surface area (Å²) in [5.41, 5.74) is 2.05. The number of benzene rings is 1. The maximum atomic E-state index is 5.48. The van der Waals surface area contributed by atoms with Crippen molar-refractivity contribution in [2.45, 2.75) is 6.54 Å². The predicted molar refractivity (Wildman–Crippen MR) is 75.8 cm³/mol. The van der Waals surface area contributed by atoms with Crippen LogP contribution < -0.4 is 10.1 Å². The molecule has 0 aliphatic carbocycles. The van der Waals surface area contributed by atoms with E-state index >= 15 is 0 Å². The first kappa shape index (κ1) is 13.2. The van der Waals surface area contributed by atoms with Crippen molar-refractivity contribution in [3.63, 3.8) is 0 Å². The Labute approximate surface area is 113 Å². The van der Waals surface area contributed by atoms with Gasteiger partial charge in [0.15, 0.2) is 0 Å². The highest BCUT2D eigenvalue weighted by molar-refractivity contribution is 5.48. The number of nitrogens with one attached hydrogen (secondary N) is 1. The topological polar surface area (TPSA) is 47.0 Å². The van der Waals surface area contributed by atoms with Crippen LogP contribution >= 0.6 is 0 Å². The number of ether oxygens (including phenoxy) is 1. The first-order valence-corrected chi connectivity index (χ1v) is 6.20. The van der Waals surface area contributed by atoms with Gasteiger partial charge in [0.2, 0.25) is 5.88 Å². The van der Waals surface area contributed by atoms with Crippen molar-refractivity contribution in [3.8, 4) is 5.88 Å². The fraction of sp³-hybridized carbons (Fsp3) is 0.200. The van der Waals surface area contributed by atoms with Gasteiger partial charge in [-0.1, -0.05) is 36.4 Å². The summed E-state index contributed by atoms with van der Waals surface area (Å²) in [4.78, 5) is 0. The lowest BCUT2D eigenvalue weighted by Gasteiger charge is -2.02. The van der Waals surface area contributed by atoms with Gasteiger partial charge in [0.05, 0.1) is 5.69 Å². The van der Waals surface area contributed by atoms with Crippen LogP contribution in [0.3, 0.4) is 0 Å². The predicted octanol–water partition coefficient (Wildman–Crippen LogP) is 2.29. The molecule has 2 aromatic rings. The molecule has 1 heterocycles. The molecule has 0 unspecified atom stereocenters. The van der Waals surface area contributed by atoms with Gasteiger partial charge >= 0.3 is 0 Å². The van der Waals surface area contributed by atoms with Gasteiger partial charge in [-0.3, -0.25) is 0 Å². The van der Waals surface area contributed by atoms with E-state index in [0.717, 1.165) is 11.3 Å². The Morgan fingerprint density at radius 2 is 1.95 bits per heavy atom. The van der Waals surface area contributed by atoms with E-state index in [4.69, 9.17) is 4.74 Å². The minimum atomic E-state index is 0.481. The first-order valence-electron chi connectivity index (χ1n) is 6.20. The van der Waals surface area contributed by atoms with Crippen LogP contribution in [0.25, 0.3) is 6.08 Å². The van der Waals surface area contributed by atoms with E-state index in [1.54, 1.807) is 0 Å². The zero-order valence-electron chi connectivity index (χ0n) is 10.9. The molecule has 0 saturated heterocycles. The Morgan fingerprint density at radius 1 is 1.11 bits per heavy atom. The first-order chi connectivity index (χ1) is 9.38. The fourth-order valence-electron chi connectivity index (χ4n) is 1.58. The highest BCUT2D eigenvalue weighted by Gasteiger charge is 1.96. The third-order valence-corrected chi connectivity index (χ3v) is 2.49. The molecule has 19 heavy (non-hydrogen) atoms. The smallest absolute Gasteiger partial charge is 0.233 e. The molecule has 98 valence electrons. The van der Waals surface area contributed by atoms with Gasteiger partial charge in [0.25, 0.3) is 0 Å². The van der Waals surface area contributed by atoms with E-state index in [1.165, 1.54) is 0 Å². The molecule has 0 amide bonds. The van der Waals surface area contributed by atoms with E-state index in [-0.39, 0.29) is 0 Å². The van der Waals surface area contributed by atoms with Crippen LogP contribution in [0.1, 0.15) is 11.3 Å². The second kappa shape index (κ2) is 7.28. The van der Waals surface area contributed by atoms with Crippen LogP contribution in [0.5, 0.6) is 5.88 Å². The molecule has 0 aliphatic heterocycles. The standard InChI is InChI=1S/C15H17N3O/c1-16-12-14-9-10-15(18-17-14)19-11-5-8-13-6-3-2-4-7-13/h2-10,16H,11-12H2,1H3. The molecule has 1 aromatic carbocycles. The van der Waals surface area contributed by atoms with Gasteiger partial charge in [-0.15, -0.1) is 5.10 Å². The summed E-state index contributed by atoms with van der Waals surface area (Å²) >= 11 is 0. The molecule has 0 atom stereocenters. The average Bonchev–Trinajstić information content (AvgIpc) is 2.47. The molecule has 0 bridgehead atoms. The van der Waals surface area contributed by atoms with Gasteiger partial charge in [-0.2, -0.15) is 5.10 Å². The maximum Gasteiger partial charge on any atom is 0.233 e. The maximum absolute atomic E-state index is 5.48. The van der Waals surface area contributed by atoms with Crippen molar-refractivity contribution in [1.29, 1.82) is 0 Å². The molecule has 0 spiro atoms. The summed E-state index contributed by atoms with van der Waals surface area (Å²) in [5, 5.41) is 11.1. The summed E-state index contributed by atoms with van der Waals surface area (Å²) in [6.45, 7) is 1.19. The Kier molecular flexibility index (Phi) is 5.07. The van der Waals surface area contributed by atoms with E-state index < -0.39 is 0 Å². The summed E-state index contributed by atoms with van der Waals surface area (Å²) in [6, 6.07) is 13.8. The van der Waals surface area contributed by atoms with Gasteiger partial charge in [0, 0.05) is 12.6 Å². The number of hydrogen-bond acceptors (Lipinski definition) is 4. The van der Waals surface area contributed by atoms with E-state index in [0.29, 0.717) is 19.0 Å². The lowest BCUT2D eigenvalue weighted by molar-refractivity contribution is 0.343. The zero-order valence-corrected chi connectivity index (χ0v) is 10.9. The van der Waals surface area contributed by atoms with Crippen LogP contribution in [0, 0.1) is 0 Å². The number of rotatable bonds is 6. The minimum absolute atomic E-state index is 0.481. The molecule has 0 radical (unpaired) electrons. The summed E-state index contributed by atoms with van der Waals surface area (Å²) in [7, 11) is 1.88. The Hall–Kier alpha value is -2.20. The summed E-state index contributed by atoms with van der Waals surface area (Å²) in [5.74, 6) is 0.539. The van der Waals surface area contributed by atoms with Gasteiger partial charge in [-0.05, 0) is 24.8 Å². The quantitative estimate of drug-likeness (QED) is 0.860. The second-order valence-electron chi connectivity index (χ2n) is 4.02. The summed E-state index contributed by atoms with van der Waals surface area (Å²) < 4.78 is 5.48. The van der Waals surface area contributed by atoms with E-state index in [2.05, 4.69) is 15.5 Å². The molecule has 0 aliphatic rings. The molecular weight excluding hydrogens is 238 g/mol. The van der Waals surface area contributed by atoms with E-state index in [1.807, 2.05) is 61.7 Å². The highest BCUT2D eigenvalue weighted by Crippen LogP contribution is 2.05. The van der Waals surface area contributed by atoms with Crippen molar-refractivity contribution in [3.05, 3.63) is 59.8 Å². The minimum Gasteiger partial charge on any atom is -0.472 e. The van der Waals surface area contributed by atoms with Crippen LogP contribution in [0.2, 0.25) is 0 Å². The number of aromatic nitrogens is 2. The number of hydrogen-bond donors (Lipinski definition) is 1. The molecular formula is C15H17N3O. The number of nitrogens with zero attached hydrogens (tertiary/aromatic N) is 2. The lowest BCUT2D eigenvalue weighted by Crippen LogP contribution is -2.08. The van der Waals surface area contributed by atoms with E-state index in [9.17, 15) is 0 Å². The molecule has 4 nitrogen and oxygen atoms in total. The average molecular weight is 255 g/mol. The summed E-state index contributed by atoms with van der Waals surface area (Å²) in [6.07, 6.45) is 3.97. The van der Waals surface area contributed by atoms with Crippen molar-refractivity contribution in [2.75, 3.05) is 13.7 Å². The van der Waals surface area contributed by atoms with Crippen LogP contribution in [-0.4, -0.2) is 23.9 Å². The largest absolute Gasteiger partial charge is 0.472 e. The Balaban J connectivity index is 1.81. The lowest BCUT2D eigenvalue weighted by atomic mass is 10.2. The normalized spacial score (nSPS) is 10.8. The van der Waals surface area contributed by atoms with Crippen LogP contribution in [0.15, 0.2) is 48.5 Å². The highest BCUT2D eigenvalue weighted by atomic mass is 16.5. The fourth-order valence-corrected chi connectivity index (χ4v) is 1.58. The monoisotopic (exact) mass is 255 g/mol. The second-order valence-corrected chi connectivity index (χ2v) is 4.02. The van der Waals surface area contributed by atoms with Crippen LogP contribution in [0.4, 0.5) is 0 Å². The van der Waals surface area contributed by atoms with Gasteiger partial charge in [-0.25, -0.2) is 0 Å². The van der Waals surface area contributed by atoms with Gasteiger partial charge < -0.3 is 10.1 Å². The third-order valence-electron chi connectivity index (χ3n) is 2.49. The molecule has 2 rings (SSSR count). The SMILES string of the molecule is CNCc1ccc(OCC=Cc2ccccc2)nn1. The Bertz CT molecular complexity index is 509. The van der Waals surface area contributed by atoms with Crippen molar-refractivity contribution in [2.24, 2.45) is 0 Å². The van der Waals surface area contributed by atoms with Crippen molar-refractivity contribution in [1.82, 2.24) is 15.5 Å². The Morgan fingerprint density at radius 3 is 2.63 bits per heavy atom.